The number of furan rings is 1. The summed E-state index contributed by atoms with van der Waals surface area (Å²) in [6, 6.07) is 4.09. The Morgan fingerprint density at radius 2 is 2.33 bits per heavy atom. The molecule has 1 saturated carbocycles. The lowest BCUT2D eigenvalue weighted by molar-refractivity contribution is -0.120. The molecule has 1 amide bonds. The number of aliphatic imine (C=N–C) groups is 1. The van der Waals surface area contributed by atoms with Gasteiger partial charge in [-0.3, -0.25) is 9.79 Å². The Balaban J connectivity index is 1.66. The quantitative estimate of drug-likeness (QED) is 0.516. The van der Waals surface area contributed by atoms with E-state index in [0.717, 1.165) is 18.6 Å². The standard InChI is InChI=1S/C12H18N4O2/c1-13-12(14-7-10-3-2-6-18-10)15-8-11(17)16-9-4-5-9/h2-3,6,9H,4-5,7-8H2,1H3,(H,16,17)(H2,13,14,15). The SMILES string of the molecule is CN=C(NCC(=O)NC1CC1)NCc1ccco1. The van der Waals surface area contributed by atoms with E-state index in [0.29, 0.717) is 18.5 Å². The highest BCUT2D eigenvalue weighted by atomic mass is 16.3. The van der Waals surface area contributed by atoms with Crippen LogP contribution in [0.4, 0.5) is 0 Å². The van der Waals surface area contributed by atoms with E-state index in [2.05, 4.69) is 20.9 Å². The van der Waals surface area contributed by atoms with Crippen molar-refractivity contribution >= 4 is 11.9 Å². The average molecular weight is 250 g/mol. The number of nitrogens with zero attached hydrogens (tertiary/aromatic N) is 1. The van der Waals surface area contributed by atoms with Crippen LogP contribution in [0, 0.1) is 0 Å². The number of rotatable bonds is 5. The van der Waals surface area contributed by atoms with Crippen LogP contribution in [0.15, 0.2) is 27.8 Å². The van der Waals surface area contributed by atoms with Gasteiger partial charge in [0.05, 0.1) is 19.4 Å². The Labute approximate surface area is 106 Å². The number of hydrogen-bond donors (Lipinski definition) is 3. The van der Waals surface area contributed by atoms with E-state index < -0.39 is 0 Å². The smallest absolute Gasteiger partial charge is 0.239 e. The number of nitrogens with one attached hydrogen (secondary N) is 3. The van der Waals surface area contributed by atoms with Gasteiger partial charge in [0.15, 0.2) is 5.96 Å². The second kappa shape index (κ2) is 6.09. The average Bonchev–Trinajstić information content (AvgIpc) is 3.02. The van der Waals surface area contributed by atoms with Crippen LogP contribution in [0.1, 0.15) is 18.6 Å². The molecule has 0 radical (unpaired) electrons. The summed E-state index contributed by atoms with van der Waals surface area (Å²) < 4.78 is 5.19. The number of carbonyl (C=O) groups excluding carboxylic acids is 1. The predicted molar refractivity (Wildman–Crippen MR) is 68.1 cm³/mol. The summed E-state index contributed by atoms with van der Waals surface area (Å²) in [5.41, 5.74) is 0. The Morgan fingerprint density at radius 1 is 1.50 bits per heavy atom. The maximum absolute atomic E-state index is 11.5. The molecule has 1 heterocycles. The van der Waals surface area contributed by atoms with Crippen LogP contribution in [0.25, 0.3) is 0 Å². The topological polar surface area (TPSA) is 78.7 Å². The first-order valence-electron chi connectivity index (χ1n) is 6.04. The molecule has 0 aromatic carbocycles. The van der Waals surface area contributed by atoms with Crippen LogP contribution in [0.2, 0.25) is 0 Å². The van der Waals surface area contributed by atoms with Gasteiger partial charge in [-0.1, -0.05) is 0 Å². The molecule has 6 heteroatoms. The molecule has 0 saturated heterocycles. The van der Waals surface area contributed by atoms with E-state index in [-0.39, 0.29) is 12.5 Å². The van der Waals surface area contributed by atoms with Crippen molar-refractivity contribution in [3.05, 3.63) is 24.2 Å². The normalized spacial score (nSPS) is 15.3. The second-order valence-corrected chi connectivity index (χ2v) is 4.20. The Morgan fingerprint density at radius 3 is 2.94 bits per heavy atom. The van der Waals surface area contributed by atoms with Crippen molar-refractivity contribution in [2.75, 3.05) is 13.6 Å². The molecule has 2 rings (SSSR count). The third-order valence-electron chi connectivity index (χ3n) is 2.59. The summed E-state index contributed by atoms with van der Waals surface area (Å²) in [5.74, 6) is 1.40. The van der Waals surface area contributed by atoms with Gasteiger partial charge in [-0.05, 0) is 25.0 Å². The summed E-state index contributed by atoms with van der Waals surface area (Å²) in [4.78, 5) is 15.5. The van der Waals surface area contributed by atoms with Gasteiger partial charge in [0, 0.05) is 13.1 Å². The maximum atomic E-state index is 11.5. The fourth-order valence-electron chi connectivity index (χ4n) is 1.47. The fraction of sp³-hybridized carbons (Fsp3) is 0.500. The van der Waals surface area contributed by atoms with E-state index in [9.17, 15) is 4.79 Å². The van der Waals surface area contributed by atoms with Crippen molar-refractivity contribution in [2.24, 2.45) is 4.99 Å². The zero-order chi connectivity index (χ0) is 12.8. The summed E-state index contributed by atoms with van der Waals surface area (Å²) in [6.45, 7) is 0.769. The molecule has 0 bridgehead atoms. The molecule has 1 aliphatic rings. The first-order chi connectivity index (χ1) is 8.78. The highest BCUT2D eigenvalue weighted by molar-refractivity contribution is 5.86. The highest BCUT2D eigenvalue weighted by Gasteiger charge is 2.22. The summed E-state index contributed by atoms with van der Waals surface area (Å²) in [6.07, 6.45) is 3.81. The van der Waals surface area contributed by atoms with Crippen LogP contribution in [-0.4, -0.2) is 31.5 Å². The second-order valence-electron chi connectivity index (χ2n) is 4.20. The molecule has 6 nitrogen and oxygen atoms in total. The van der Waals surface area contributed by atoms with Gasteiger partial charge in [-0.15, -0.1) is 0 Å². The van der Waals surface area contributed by atoms with Crippen LogP contribution in [-0.2, 0) is 11.3 Å². The molecule has 1 aliphatic carbocycles. The van der Waals surface area contributed by atoms with E-state index in [1.54, 1.807) is 13.3 Å². The maximum Gasteiger partial charge on any atom is 0.239 e. The summed E-state index contributed by atoms with van der Waals surface area (Å²) in [5, 5.41) is 8.91. The van der Waals surface area contributed by atoms with Crippen LogP contribution in [0.5, 0.6) is 0 Å². The monoisotopic (exact) mass is 250 g/mol. The molecule has 1 aromatic heterocycles. The molecule has 0 aliphatic heterocycles. The van der Waals surface area contributed by atoms with E-state index in [1.165, 1.54) is 0 Å². The van der Waals surface area contributed by atoms with Crippen molar-refractivity contribution in [3.63, 3.8) is 0 Å². The molecule has 0 unspecified atom stereocenters. The largest absolute Gasteiger partial charge is 0.467 e. The molecular formula is C12H18N4O2. The molecule has 0 atom stereocenters. The lowest BCUT2D eigenvalue weighted by atomic mass is 10.4. The molecule has 98 valence electrons. The van der Waals surface area contributed by atoms with Crippen molar-refractivity contribution in [3.8, 4) is 0 Å². The minimum Gasteiger partial charge on any atom is -0.467 e. The number of amides is 1. The van der Waals surface area contributed by atoms with Crippen molar-refractivity contribution in [1.82, 2.24) is 16.0 Å². The minimum absolute atomic E-state index is 0.00144. The third-order valence-corrected chi connectivity index (χ3v) is 2.59. The van der Waals surface area contributed by atoms with Crippen molar-refractivity contribution in [1.29, 1.82) is 0 Å². The Kier molecular flexibility index (Phi) is 4.22. The van der Waals surface area contributed by atoms with Gasteiger partial charge in [0.25, 0.3) is 0 Å². The van der Waals surface area contributed by atoms with E-state index in [1.807, 2.05) is 12.1 Å². The van der Waals surface area contributed by atoms with Crippen molar-refractivity contribution in [2.45, 2.75) is 25.4 Å². The van der Waals surface area contributed by atoms with E-state index in [4.69, 9.17) is 4.42 Å². The van der Waals surface area contributed by atoms with Crippen molar-refractivity contribution < 1.29 is 9.21 Å². The summed E-state index contributed by atoms with van der Waals surface area (Å²) >= 11 is 0. The number of hydrogen-bond acceptors (Lipinski definition) is 3. The van der Waals surface area contributed by atoms with Gasteiger partial charge in [-0.25, -0.2) is 0 Å². The van der Waals surface area contributed by atoms with Crippen LogP contribution >= 0.6 is 0 Å². The fourth-order valence-corrected chi connectivity index (χ4v) is 1.47. The third kappa shape index (κ3) is 4.12. The van der Waals surface area contributed by atoms with E-state index >= 15 is 0 Å². The van der Waals surface area contributed by atoms with Gasteiger partial charge in [0.1, 0.15) is 5.76 Å². The zero-order valence-corrected chi connectivity index (χ0v) is 10.4. The molecule has 0 spiro atoms. The van der Waals surface area contributed by atoms with Gasteiger partial charge in [-0.2, -0.15) is 0 Å². The predicted octanol–water partition coefficient (Wildman–Crippen LogP) is 0.223. The van der Waals surface area contributed by atoms with Crippen LogP contribution in [0.3, 0.4) is 0 Å². The Hall–Kier alpha value is -1.98. The van der Waals surface area contributed by atoms with Gasteiger partial charge < -0.3 is 20.4 Å². The minimum atomic E-state index is -0.00144. The van der Waals surface area contributed by atoms with Gasteiger partial charge >= 0.3 is 0 Å². The number of carbonyl (C=O) groups is 1. The lowest BCUT2D eigenvalue weighted by Crippen LogP contribution is -2.43. The summed E-state index contributed by atoms with van der Waals surface area (Å²) in [7, 11) is 1.66. The zero-order valence-electron chi connectivity index (χ0n) is 10.4. The molecule has 18 heavy (non-hydrogen) atoms. The number of guanidine groups is 1. The molecule has 3 N–H and O–H groups in total. The molecule has 1 fully saturated rings. The Bertz CT molecular complexity index is 410. The van der Waals surface area contributed by atoms with Crippen LogP contribution < -0.4 is 16.0 Å². The lowest BCUT2D eigenvalue weighted by Gasteiger charge is -2.10. The van der Waals surface area contributed by atoms with Gasteiger partial charge in [0.2, 0.25) is 5.91 Å². The first kappa shape index (κ1) is 12.5. The molecular weight excluding hydrogens is 232 g/mol. The molecule has 1 aromatic rings. The first-order valence-corrected chi connectivity index (χ1v) is 6.04. The highest BCUT2D eigenvalue weighted by Crippen LogP contribution is 2.18.